The number of amides is 1. The average Bonchev–Trinajstić information content (AvgIpc) is 2.68. The summed E-state index contributed by atoms with van der Waals surface area (Å²) in [4.78, 5) is 12.4. The molecule has 0 spiro atoms. The van der Waals surface area contributed by atoms with Crippen LogP contribution in [0.4, 0.5) is 10.1 Å². The Morgan fingerprint density at radius 1 is 1.25 bits per heavy atom. The van der Waals surface area contributed by atoms with Gasteiger partial charge in [0.25, 0.3) is 0 Å². The summed E-state index contributed by atoms with van der Waals surface area (Å²) in [5.74, 6) is -1.29. The van der Waals surface area contributed by atoms with E-state index in [1.807, 2.05) is 25.1 Å². The Morgan fingerprint density at radius 3 is 2.75 bits per heavy atom. The number of benzene rings is 2. The smallest absolute Gasteiger partial charge is 0.246 e. The molecule has 0 bridgehead atoms. The molecule has 1 fully saturated rings. The fourth-order valence-electron chi connectivity index (χ4n) is 3.33. The van der Waals surface area contributed by atoms with Gasteiger partial charge in [0, 0.05) is 18.8 Å². The fourth-order valence-corrected chi connectivity index (χ4v) is 5.02. The van der Waals surface area contributed by atoms with Gasteiger partial charge < -0.3 is 10.1 Å². The van der Waals surface area contributed by atoms with Crippen LogP contribution in [0.2, 0.25) is 0 Å². The van der Waals surface area contributed by atoms with Crippen molar-refractivity contribution in [1.82, 2.24) is 4.31 Å². The monoisotopic (exact) mass is 406 g/mol. The number of methoxy groups -OCH3 is 1. The summed E-state index contributed by atoms with van der Waals surface area (Å²) in [6.07, 6.45) is 1.13. The van der Waals surface area contributed by atoms with Gasteiger partial charge in [0.2, 0.25) is 15.9 Å². The lowest BCUT2D eigenvalue weighted by molar-refractivity contribution is -0.120. The van der Waals surface area contributed by atoms with Crippen molar-refractivity contribution in [3.8, 4) is 5.75 Å². The molecule has 2 aromatic carbocycles. The third kappa shape index (κ3) is 4.34. The number of aryl methyl sites for hydroxylation is 1. The number of piperidine rings is 1. The average molecular weight is 406 g/mol. The largest absolute Gasteiger partial charge is 0.495 e. The van der Waals surface area contributed by atoms with Crippen LogP contribution in [-0.2, 0) is 14.8 Å². The molecule has 8 heteroatoms. The minimum atomic E-state index is -3.98. The normalized spacial score (nSPS) is 17.9. The van der Waals surface area contributed by atoms with Gasteiger partial charge in [-0.1, -0.05) is 12.1 Å². The third-order valence-corrected chi connectivity index (χ3v) is 6.67. The molecule has 2 aromatic rings. The highest BCUT2D eigenvalue weighted by molar-refractivity contribution is 7.89. The summed E-state index contributed by atoms with van der Waals surface area (Å²) >= 11 is 0. The molecule has 150 valence electrons. The van der Waals surface area contributed by atoms with E-state index < -0.39 is 21.8 Å². The van der Waals surface area contributed by atoms with E-state index >= 15 is 0 Å². The van der Waals surface area contributed by atoms with Gasteiger partial charge in [-0.15, -0.1) is 0 Å². The van der Waals surface area contributed by atoms with Crippen molar-refractivity contribution in [2.24, 2.45) is 5.92 Å². The van der Waals surface area contributed by atoms with E-state index in [4.69, 9.17) is 4.74 Å². The summed E-state index contributed by atoms with van der Waals surface area (Å²) in [7, 11) is -2.65. The molecule has 1 aliphatic heterocycles. The first kappa shape index (κ1) is 20.3. The van der Waals surface area contributed by atoms with Crippen LogP contribution in [0.3, 0.4) is 0 Å². The summed E-state index contributed by atoms with van der Waals surface area (Å²) in [5, 5.41) is 2.85. The number of nitrogens with one attached hydrogen (secondary N) is 1. The van der Waals surface area contributed by atoms with Crippen LogP contribution in [-0.4, -0.2) is 38.8 Å². The predicted octanol–water partition coefficient (Wildman–Crippen LogP) is 3.18. The van der Waals surface area contributed by atoms with E-state index in [9.17, 15) is 17.6 Å². The molecule has 6 nitrogen and oxygen atoms in total. The van der Waals surface area contributed by atoms with E-state index in [1.165, 1.54) is 17.5 Å². The van der Waals surface area contributed by atoms with Crippen molar-refractivity contribution in [3.05, 3.63) is 53.8 Å². The van der Waals surface area contributed by atoms with Crippen molar-refractivity contribution >= 4 is 21.6 Å². The van der Waals surface area contributed by atoms with Crippen molar-refractivity contribution in [2.45, 2.75) is 24.7 Å². The number of carbonyl (C=O) groups is 1. The quantitative estimate of drug-likeness (QED) is 0.828. The number of nitrogens with zero attached hydrogens (tertiary/aromatic N) is 1. The van der Waals surface area contributed by atoms with E-state index in [-0.39, 0.29) is 29.6 Å². The molecule has 3 rings (SSSR count). The maximum Gasteiger partial charge on any atom is 0.246 e. The van der Waals surface area contributed by atoms with Crippen molar-refractivity contribution < 1.29 is 22.3 Å². The van der Waals surface area contributed by atoms with Gasteiger partial charge in [0.05, 0.1) is 13.0 Å². The standard InChI is InChI=1S/C20H23FN2O4S/c1-14-5-3-7-17(11-14)22-20(24)15-6-4-10-23(13-15)28(25,26)19-12-16(21)8-9-18(19)27-2/h3,5,7-9,11-12,15H,4,6,10,13H2,1-2H3,(H,22,24)/t15-/m1/s1. The highest BCUT2D eigenvalue weighted by atomic mass is 32.2. The van der Waals surface area contributed by atoms with Gasteiger partial charge in [-0.25, -0.2) is 12.8 Å². The second kappa shape index (κ2) is 8.28. The topological polar surface area (TPSA) is 75.7 Å². The molecule has 1 atom stereocenters. The summed E-state index contributed by atoms with van der Waals surface area (Å²) in [6, 6.07) is 10.8. The summed E-state index contributed by atoms with van der Waals surface area (Å²) in [6.45, 7) is 2.24. The van der Waals surface area contributed by atoms with Crippen LogP contribution < -0.4 is 10.1 Å². The van der Waals surface area contributed by atoms with Crippen molar-refractivity contribution in [3.63, 3.8) is 0 Å². The zero-order valence-corrected chi connectivity index (χ0v) is 16.6. The van der Waals surface area contributed by atoms with Crippen molar-refractivity contribution in [1.29, 1.82) is 0 Å². The summed E-state index contributed by atoms with van der Waals surface area (Å²) < 4.78 is 46.1. The van der Waals surface area contributed by atoms with Crippen LogP contribution in [0.25, 0.3) is 0 Å². The number of hydrogen-bond acceptors (Lipinski definition) is 4. The Bertz CT molecular complexity index is 978. The highest BCUT2D eigenvalue weighted by Gasteiger charge is 2.35. The highest BCUT2D eigenvalue weighted by Crippen LogP contribution is 2.30. The SMILES string of the molecule is COc1ccc(F)cc1S(=O)(=O)N1CCC[C@@H](C(=O)Nc2cccc(C)c2)C1. The van der Waals surface area contributed by atoms with Gasteiger partial charge >= 0.3 is 0 Å². The maximum absolute atomic E-state index is 13.7. The van der Waals surface area contributed by atoms with Crippen LogP contribution in [0, 0.1) is 18.7 Å². The van der Waals surface area contributed by atoms with E-state index in [1.54, 1.807) is 6.07 Å². The van der Waals surface area contributed by atoms with Crippen LogP contribution in [0.15, 0.2) is 47.4 Å². The maximum atomic E-state index is 13.7. The van der Waals surface area contributed by atoms with Gasteiger partial charge in [-0.2, -0.15) is 4.31 Å². The Balaban J connectivity index is 1.79. The first-order valence-corrected chi connectivity index (χ1v) is 10.5. The number of sulfonamides is 1. The lowest BCUT2D eigenvalue weighted by Crippen LogP contribution is -2.43. The lowest BCUT2D eigenvalue weighted by atomic mass is 9.98. The Kier molecular flexibility index (Phi) is 6.00. The Labute approximate surface area is 164 Å². The zero-order chi connectivity index (χ0) is 20.3. The molecular weight excluding hydrogens is 383 g/mol. The van der Waals surface area contributed by atoms with Gasteiger partial charge in [-0.3, -0.25) is 4.79 Å². The molecule has 28 heavy (non-hydrogen) atoms. The second-order valence-electron chi connectivity index (χ2n) is 6.86. The number of hydrogen-bond donors (Lipinski definition) is 1. The first-order chi connectivity index (χ1) is 13.3. The van der Waals surface area contributed by atoms with E-state index in [0.29, 0.717) is 18.5 Å². The number of anilines is 1. The molecule has 1 amide bonds. The molecule has 1 N–H and O–H groups in total. The van der Waals surface area contributed by atoms with Crippen LogP contribution >= 0.6 is 0 Å². The van der Waals surface area contributed by atoms with Crippen LogP contribution in [0.1, 0.15) is 18.4 Å². The van der Waals surface area contributed by atoms with Crippen LogP contribution in [0.5, 0.6) is 5.75 Å². The Morgan fingerprint density at radius 2 is 2.04 bits per heavy atom. The molecule has 0 radical (unpaired) electrons. The van der Waals surface area contributed by atoms with E-state index in [2.05, 4.69) is 5.32 Å². The first-order valence-electron chi connectivity index (χ1n) is 9.02. The lowest BCUT2D eigenvalue weighted by Gasteiger charge is -2.31. The van der Waals surface area contributed by atoms with Gasteiger partial charge in [0.1, 0.15) is 16.5 Å². The molecule has 0 aromatic heterocycles. The fraction of sp³-hybridized carbons (Fsp3) is 0.350. The predicted molar refractivity (Wildman–Crippen MR) is 104 cm³/mol. The molecule has 1 aliphatic rings. The molecular formula is C20H23FN2O4S. The number of carbonyl (C=O) groups excluding carboxylic acids is 1. The number of halogens is 1. The molecule has 0 aliphatic carbocycles. The molecule has 1 saturated heterocycles. The second-order valence-corrected chi connectivity index (χ2v) is 8.76. The minimum absolute atomic E-state index is 0.0413. The van der Waals surface area contributed by atoms with Crippen molar-refractivity contribution in [2.75, 3.05) is 25.5 Å². The van der Waals surface area contributed by atoms with Gasteiger partial charge in [0.15, 0.2) is 0 Å². The van der Waals surface area contributed by atoms with E-state index in [0.717, 1.165) is 17.7 Å². The third-order valence-electron chi connectivity index (χ3n) is 4.78. The molecule has 0 saturated carbocycles. The Hall–Kier alpha value is -2.45. The van der Waals surface area contributed by atoms with Gasteiger partial charge in [-0.05, 0) is 55.7 Å². The number of ether oxygens (including phenoxy) is 1. The zero-order valence-electron chi connectivity index (χ0n) is 15.8. The minimum Gasteiger partial charge on any atom is -0.495 e. The summed E-state index contributed by atoms with van der Waals surface area (Å²) in [5.41, 5.74) is 1.70. The molecule has 1 heterocycles. The number of rotatable bonds is 5. The molecule has 0 unspecified atom stereocenters.